The van der Waals surface area contributed by atoms with Gasteiger partial charge in [-0.3, -0.25) is 0 Å². The van der Waals surface area contributed by atoms with Gasteiger partial charge in [-0.05, 0) is 25.2 Å². The topological polar surface area (TPSA) is 8.17 Å². The minimum absolute atomic E-state index is 1.11. The Labute approximate surface area is 74.8 Å². The molecule has 0 saturated carbocycles. The van der Waals surface area contributed by atoms with Crippen LogP contribution < -0.4 is 0 Å². The molecule has 0 N–H and O–H groups in total. The number of aromatic nitrogens is 1. The second-order valence-electron chi connectivity index (χ2n) is 2.95. The Bertz CT molecular complexity index is 188. The molecule has 0 amide bonds. The van der Waals surface area contributed by atoms with Crippen molar-refractivity contribution in [3.8, 4) is 0 Å². The first kappa shape index (κ1) is 9.33. The van der Waals surface area contributed by atoms with Crippen molar-refractivity contribution in [3.63, 3.8) is 0 Å². The van der Waals surface area contributed by atoms with Gasteiger partial charge in [0.2, 0.25) is 0 Å². The highest BCUT2D eigenvalue weighted by molar-refractivity contribution is 4.90. The number of likely N-dealkylation sites (N-methyl/N-ethyl adjacent to an activating group) is 1. The van der Waals surface area contributed by atoms with E-state index in [2.05, 4.69) is 47.8 Å². The zero-order valence-corrected chi connectivity index (χ0v) is 8.03. The van der Waals surface area contributed by atoms with Crippen LogP contribution >= 0.6 is 0 Å². The number of nitrogens with zero attached hydrogens (tertiary/aromatic N) is 2. The SMILES string of the molecule is CCN(CC)CCn1cccc1. The van der Waals surface area contributed by atoms with Gasteiger partial charge < -0.3 is 9.47 Å². The summed E-state index contributed by atoms with van der Waals surface area (Å²) in [5.74, 6) is 0. The highest BCUT2D eigenvalue weighted by atomic mass is 15.1. The van der Waals surface area contributed by atoms with Crippen molar-refractivity contribution in [3.05, 3.63) is 24.5 Å². The van der Waals surface area contributed by atoms with Crippen LogP contribution in [0.15, 0.2) is 24.5 Å². The fraction of sp³-hybridized carbons (Fsp3) is 0.600. The molecule has 0 atom stereocenters. The fourth-order valence-corrected chi connectivity index (χ4v) is 1.32. The normalized spacial score (nSPS) is 10.9. The number of hydrogen-bond donors (Lipinski definition) is 0. The van der Waals surface area contributed by atoms with Crippen LogP contribution in [0.1, 0.15) is 13.8 Å². The molecular weight excluding hydrogens is 148 g/mol. The first-order valence-corrected chi connectivity index (χ1v) is 4.70. The van der Waals surface area contributed by atoms with Gasteiger partial charge in [0, 0.05) is 25.5 Å². The summed E-state index contributed by atoms with van der Waals surface area (Å²) in [7, 11) is 0. The Kier molecular flexibility index (Phi) is 3.88. The molecule has 1 aromatic heterocycles. The Morgan fingerprint density at radius 1 is 1.08 bits per heavy atom. The predicted octanol–water partition coefficient (Wildman–Crippen LogP) is 1.83. The zero-order valence-electron chi connectivity index (χ0n) is 8.03. The average Bonchev–Trinajstić information content (AvgIpc) is 2.59. The maximum absolute atomic E-state index is 2.43. The first-order valence-electron chi connectivity index (χ1n) is 4.70. The van der Waals surface area contributed by atoms with Crippen LogP contribution in [0.5, 0.6) is 0 Å². The second kappa shape index (κ2) is 4.99. The molecule has 68 valence electrons. The Hall–Kier alpha value is -0.760. The fourth-order valence-electron chi connectivity index (χ4n) is 1.32. The summed E-state index contributed by atoms with van der Waals surface area (Å²) in [6.07, 6.45) is 4.23. The molecule has 0 bridgehead atoms. The maximum Gasteiger partial charge on any atom is 0.0347 e. The molecule has 1 rings (SSSR count). The van der Waals surface area contributed by atoms with Crippen LogP contribution in [0.2, 0.25) is 0 Å². The summed E-state index contributed by atoms with van der Waals surface area (Å²) in [6.45, 7) is 8.98. The van der Waals surface area contributed by atoms with Gasteiger partial charge in [-0.1, -0.05) is 13.8 Å². The van der Waals surface area contributed by atoms with Crippen molar-refractivity contribution in [2.45, 2.75) is 20.4 Å². The molecular formula is C10H18N2. The molecule has 0 radical (unpaired) electrons. The molecule has 0 aliphatic rings. The van der Waals surface area contributed by atoms with Crippen LogP contribution in [0.4, 0.5) is 0 Å². The molecule has 1 heterocycles. The van der Waals surface area contributed by atoms with Crippen molar-refractivity contribution in [2.75, 3.05) is 19.6 Å². The van der Waals surface area contributed by atoms with E-state index < -0.39 is 0 Å². The van der Waals surface area contributed by atoms with Crippen LogP contribution in [0.3, 0.4) is 0 Å². The zero-order chi connectivity index (χ0) is 8.81. The van der Waals surface area contributed by atoms with Crippen molar-refractivity contribution in [1.82, 2.24) is 9.47 Å². The number of hydrogen-bond acceptors (Lipinski definition) is 1. The molecule has 2 nitrogen and oxygen atoms in total. The molecule has 0 unspecified atom stereocenters. The van der Waals surface area contributed by atoms with Gasteiger partial charge in [0.25, 0.3) is 0 Å². The van der Waals surface area contributed by atoms with Gasteiger partial charge in [-0.15, -0.1) is 0 Å². The lowest BCUT2D eigenvalue weighted by Crippen LogP contribution is -2.26. The number of rotatable bonds is 5. The van der Waals surface area contributed by atoms with E-state index in [-0.39, 0.29) is 0 Å². The van der Waals surface area contributed by atoms with E-state index >= 15 is 0 Å². The minimum Gasteiger partial charge on any atom is -0.353 e. The van der Waals surface area contributed by atoms with Gasteiger partial charge in [0.1, 0.15) is 0 Å². The lowest BCUT2D eigenvalue weighted by atomic mass is 10.4. The van der Waals surface area contributed by atoms with Gasteiger partial charge >= 0.3 is 0 Å². The Morgan fingerprint density at radius 3 is 2.17 bits per heavy atom. The van der Waals surface area contributed by atoms with Gasteiger partial charge in [-0.2, -0.15) is 0 Å². The average molecular weight is 166 g/mol. The lowest BCUT2D eigenvalue weighted by Gasteiger charge is -2.17. The smallest absolute Gasteiger partial charge is 0.0347 e. The van der Waals surface area contributed by atoms with E-state index in [0.29, 0.717) is 0 Å². The summed E-state index contributed by atoms with van der Waals surface area (Å²) < 4.78 is 2.22. The van der Waals surface area contributed by atoms with Crippen LogP contribution in [-0.2, 0) is 6.54 Å². The molecule has 0 spiro atoms. The molecule has 12 heavy (non-hydrogen) atoms. The van der Waals surface area contributed by atoms with Gasteiger partial charge in [-0.25, -0.2) is 0 Å². The van der Waals surface area contributed by atoms with E-state index in [1.165, 1.54) is 0 Å². The highest BCUT2D eigenvalue weighted by Gasteiger charge is 1.97. The molecule has 0 fully saturated rings. The first-order chi connectivity index (χ1) is 5.86. The second-order valence-corrected chi connectivity index (χ2v) is 2.95. The third-order valence-electron chi connectivity index (χ3n) is 2.24. The van der Waals surface area contributed by atoms with Crippen LogP contribution in [-0.4, -0.2) is 29.1 Å². The summed E-state index contributed by atoms with van der Waals surface area (Å²) in [5.41, 5.74) is 0. The van der Waals surface area contributed by atoms with Crippen molar-refractivity contribution < 1.29 is 0 Å². The molecule has 0 aliphatic heterocycles. The molecule has 1 aromatic rings. The summed E-state index contributed by atoms with van der Waals surface area (Å²) in [5, 5.41) is 0. The minimum atomic E-state index is 1.11. The summed E-state index contributed by atoms with van der Waals surface area (Å²) in [4.78, 5) is 2.43. The van der Waals surface area contributed by atoms with E-state index in [0.717, 1.165) is 26.2 Å². The highest BCUT2D eigenvalue weighted by Crippen LogP contribution is 1.92. The van der Waals surface area contributed by atoms with E-state index in [1.807, 2.05) is 0 Å². The standard InChI is InChI=1S/C10H18N2/c1-3-11(4-2)9-10-12-7-5-6-8-12/h5-8H,3-4,9-10H2,1-2H3. The quantitative estimate of drug-likeness (QED) is 0.648. The van der Waals surface area contributed by atoms with Crippen molar-refractivity contribution in [2.24, 2.45) is 0 Å². The van der Waals surface area contributed by atoms with E-state index in [9.17, 15) is 0 Å². The summed E-state index contributed by atoms with van der Waals surface area (Å²) in [6, 6.07) is 4.14. The lowest BCUT2D eigenvalue weighted by molar-refractivity contribution is 0.291. The van der Waals surface area contributed by atoms with Crippen molar-refractivity contribution in [1.29, 1.82) is 0 Å². The van der Waals surface area contributed by atoms with Gasteiger partial charge in [0.05, 0.1) is 0 Å². The van der Waals surface area contributed by atoms with E-state index in [4.69, 9.17) is 0 Å². The molecule has 0 saturated heterocycles. The molecule has 0 aliphatic carbocycles. The third kappa shape index (κ3) is 2.70. The van der Waals surface area contributed by atoms with Gasteiger partial charge in [0.15, 0.2) is 0 Å². The maximum atomic E-state index is 2.43. The monoisotopic (exact) mass is 166 g/mol. The molecule has 0 aromatic carbocycles. The van der Waals surface area contributed by atoms with E-state index in [1.54, 1.807) is 0 Å². The van der Waals surface area contributed by atoms with Crippen LogP contribution in [0, 0.1) is 0 Å². The van der Waals surface area contributed by atoms with Crippen LogP contribution in [0.25, 0.3) is 0 Å². The predicted molar refractivity (Wildman–Crippen MR) is 52.2 cm³/mol. The van der Waals surface area contributed by atoms with Crippen molar-refractivity contribution >= 4 is 0 Å². The largest absolute Gasteiger partial charge is 0.353 e. The molecule has 2 heteroatoms. The Morgan fingerprint density at radius 2 is 1.67 bits per heavy atom. The third-order valence-corrected chi connectivity index (χ3v) is 2.24. The summed E-state index contributed by atoms with van der Waals surface area (Å²) >= 11 is 0. The Balaban J connectivity index is 2.25.